The van der Waals surface area contributed by atoms with E-state index in [0.717, 1.165) is 16.7 Å². The molecular weight excluding hydrogens is 304 g/mol. The third kappa shape index (κ3) is 2.33. The first-order chi connectivity index (χ1) is 12.4. The Kier molecular flexibility index (Phi) is 3.17. The Labute approximate surface area is 146 Å². The summed E-state index contributed by atoms with van der Waals surface area (Å²) in [5, 5.41) is 2.33. The fourth-order valence-corrected chi connectivity index (χ4v) is 3.47. The molecule has 0 fully saturated rings. The Morgan fingerprint density at radius 3 is 2.08 bits per heavy atom. The molecule has 0 spiro atoms. The molecule has 0 saturated carbocycles. The monoisotopic (exact) mass is 320 g/mol. The third-order valence-electron chi connectivity index (χ3n) is 4.68. The van der Waals surface area contributed by atoms with E-state index in [1.54, 1.807) is 0 Å². The highest BCUT2D eigenvalue weighted by atomic mass is 16.3. The van der Waals surface area contributed by atoms with Gasteiger partial charge in [0, 0.05) is 16.3 Å². The smallest absolute Gasteiger partial charge is 0.143 e. The summed E-state index contributed by atoms with van der Waals surface area (Å²) in [6, 6.07) is 33.7. The molecule has 1 nitrogen and oxygen atoms in total. The average Bonchev–Trinajstić information content (AvgIpc) is 3.07. The minimum absolute atomic E-state index is 0.934. The quantitative estimate of drug-likeness (QED) is 0.344. The number of para-hydroxylation sites is 2. The first kappa shape index (κ1) is 14.1. The van der Waals surface area contributed by atoms with Crippen LogP contribution in [0.3, 0.4) is 0 Å². The van der Waals surface area contributed by atoms with E-state index in [9.17, 15) is 0 Å². The van der Waals surface area contributed by atoms with Crippen molar-refractivity contribution in [2.24, 2.45) is 0 Å². The van der Waals surface area contributed by atoms with Crippen molar-refractivity contribution in [3.8, 4) is 22.3 Å². The summed E-state index contributed by atoms with van der Waals surface area (Å²) in [5.74, 6) is 0. The summed E-state index contributed by atoms with van der Waals surface area (Å²) in [6.45, 7) is 0. The molecule has 5 rings (SSSR count). The Hall–Kier alpha value is -3.32. The van der Waals surface area contributed by atoms with Crippen molar-refractivity contribution in [2.45, 2.75) is 0 Å². The first-order valence-corrected chi connectivity index (χ1v) is 8.46. The van der Waals surface area contributed by atoms with Crippen LogP contribution in [0.1, 0.15) is 0 Å². The number of rotatable bonds is 2. The molecule has 0 atom stereocenters. The topological polar surface area (TPSA) is 13.1 Å². The van der Waals surface area contributed by atoms with Crippen LogP contribution in [0.15, 0.2) is 101 Å². The van der Waals surface area contributed by atoms with E-state index in [4.69, 9.17) is 4.42 Å². The van der Waals surface area contributed by atoms with Gasteiger partial charge in [-0.25, -0.2) is 0 Å². The molecule has 5 aromatic rings. The van der Waals surface area contributed by atoms with Crippen molar-refractivity contribution >= 4 is 21.9 Å². The van der Waals surface area contributed by atoms with E-state index in [1.165, 1.54) is 27.5 Å². The molecule has 0 N–H and O–H groups in total. The zero-order valence-electron chi connectivity index (χ0n) is 13.6. The first-order valence-electron chi connectivity index (χ1n) is 8.46. The van der Waals surface area contributed by atoms with Gasteiger partial charge in [-0.05, 0) is 28.8 Å². The molecule has 118 valence electrons. The fraction of sp³-hybridized carbons (Fsp3) is 0. The standard InChI is InChI=1S/C24H16O/c1-2-8-17(9-3-1)18-10-6-11-19(16-18)20-13-7-14-22-21-12-4-5-15-23(21)25-24(20)22/h1-16H. The molecule has 0 saturated heterocycles. The van der Waals surface area contributed by atoms with Crippen LogP contribution in [0.5, 0.6) is 0 Å². The van der Waals surface area contributed by atoms with Crippen molar-refractivity contribution in [3.63, 3.8) is 0 Å². The van der Waals surface area contributed by atoms with Crippen LogP contribution >= 0.6 is 0 Å². The second kappa shape index (κ2) is 5.64. The van der Waals surface area contributed by atoms with Crippen LogP contribution in [-0.2, 0) is 0 Å². The van der Waals surface area contributed by atoms with Crippen molar-refractivity contribution < 1.29 is 4.42 Å². The molecule has 4 aromatic carbocycles. The van der Waals surface area contributed by atoms with Crippen LogP contribution in [-0.4, -0.2) is 0 Å². The summed E-state index contributed by atoms with van der Waals surface area (Å²) < 4.78 is 6.18. The highest BCUT2D eigenvalue weighted by Gasteiger charge is 2.12. The van der Waals surface area contributed by atoms with E-state index >= 15 is 0 Å². The van der Waals surface area contributed by atoms with Crippen molar-refractivity contribution in [1.82, 2.24) is 0 Å². The molecule has 0 unspecified atom stereocenters. The minimum Gasteiger partial charge on any atom is -0.455 e. The lowest BCUT2D eigenvalue weighted by Crippen LogP contribution is -1.82. The molecular formula is C24H16O. The number of hydrogen-bond donors (Lipinski definition) is 0. The van der Waals surface area contributed by atoms with Gasteiger partial charge < -0.3 is 4.42 Å². The lowest BCUT2D eigenvalue weighted by molar-refractivity contribution is 0.670. The summed E-state index contributed by atoms with van der Waals surface area (Å²) in [4.78, 5) is 0. The predicted molar refractivity (Wildman–Crippen MR) is 105 cm³/mol. The Balaban J connectivity index is 1.74. The van der Waals surface area contributed by atoms with Crippen molar-refractivity contribution in [2.75, 3.05) is 0 Å². The van der Waals surface area contributed by atoms with Gasteiger partial charge in [0.05, 0.1) is 0 Å². The molecule has 0 aliphatic heterocycles. The Bertz CT molecular complexity index is 1180. The van der Waals surface area contributed by atoms with Gasteiger partial charge in [-0.2, -0.15) is 0 Å². The summed E-state index contributed by atoms with van der Waals surface area (Å²) >= 11 is 0. The average molecular weight is 320 g/mol. The molecule has 1 heterocycles. The number of hydrogen-bond acceptors (Lipinski definition) is 1. The summed E-state index contributed by atoms with van der Waals surface area (Å²) in [5.41, 5.74) is 6.63. The van der Waals surface area contributed by atoms with Gasteiger partial charge in [0.15, 0.2) is 0 Å². The number of furan rings is 1. The predicted octanol–water partition coefficient (Wildman–Crippen LogP) is 6.92. The molecule has 0 aliphatic carbocycles. The van der Waals surface area contributed by atoms with Gasteiger partial charge in [0.1, 0.15) is 11.2 Å². The van der Waals surface area contributed by atoms with E-state index < -0.39 is 0 Å². The van der Waals surface area contributed by atoms with Crippen molar-refractivity contribution in [1.29, 1.82) is 0 Å². The van der Waals surface area contributed by atoms with Gasteiger partial charge in [-0.15, -0.1) is 0 Å². The molecule has 0 amide bonds. The van der Waals surface area contributed by atoms with Gasteiger partial charge in [0.2, 0.25) is 0 Å². The van der Waals surface area contributed by atoms with Gasteiger partial charge >= 0.3 is 0 Å². The molecule has 0 aliphatic rings. The maximum atomic E-state index is 6.18. The highest BCUT2D eigenvalue weighted by molar-refractivity contribution is 6.09. The Morgan fingerprint density at radius 2 is 1.16 bits per heavy atom. The second-order valence-corrected chi connectivity index (χ2v) is 6.23. The molecule has 0 bridgehead atoms. The minimum atomic E-state index is 0.934. The van der Waals surface area contributed by atoms with Gasteiger partial charge in [0.25, 0.3) is 0 Å². The Morgan fingerprint density at radius 1 is 0.480 bits per heavy atom. The number of benzene rings is 4. The van der Waals surface area contributed by atoms with Crippen LogP contribution < -0.4 is 0 Å². The zero-order valence-corrected chi connectivity index (χ0v) is 13.6. The highest BCUT2D eigenvalue weighted by Crippen LogP contribution is 2.36. The van der Waals surface area contributed by atoms with Crippen LogP contribution in [0, 0.1) is 0 Å². The molecule has 1 aromatic heterocycles. The van der Waals surface area contributed by atoms with Crippen LogP contribution in [0.4, 0.5) is 0 Å². The van der Waals surface area contributed by atoms with E-state index in [-0.39, 0.29) is 0 Å². The van der Waals surface area contributed by atoms with Gasteiger partial charge in [-0.3, -0.25) is 0 Å². The largest absolute Gasteiger partial charge is 0.455 e. The molecule has 25 heavy (non-hydrogen) atoms. The van der Waals surface area contributed by atoms with Crippen molar-refractivity contribution in [3.05, 3.63) is 97.1 Å². The zero-order chi connectivity index (χ0) is 16.6. The fourth-order valence-electron chi connectivity index (χ4n) is 3.47. The van der Waals surface area contributed by atoms with Crippen LogP contribution in [0.25, 0.3) is 44.2 Å². The van der Waals surface area contributed by atoms with Crippen LogP contribution in [0.2, 0.25) is 0 Å². The normalized spacial score (nSPS) is 11.2. The van der Waals surface area contributed by atoms with E-state index in [0.29, 0.717) is 0 Å². The second-order valence-electron chi connectivity index (χ2n) is 6.23. The number of fused-ring (bicyclic) bond motifs is 3. The lowest BCUT2D eigenvalue weighted by Gasteiger charge is -2.06. The van der Waals surface area contributed by atoms with Gasteiger partial charge in [-0.1, -0.05) is 84.9 Å². The summed E-state index contributed by atoms with van der Waals surface area (Å²) in [6.07, 6.45) is 0. The van der Waals surface area contributed by atoms with E-state index in [1.807, 2.05) is 18.2 Å². The molecule has 1 heteroatoms. The SMILES string of the molecule is c1ccc(-c2cccc(-c3cccc4c3oc3ccccc34)c2)cc1. The lowest BCUT2D eigenvalue weighted by atomic mass is 9.98. The summed E-state index contributed by atoms with van der Waals surface area (Å²) in [7, 11) is 0. The van der Waals surface area contributed by atoms with E-state index in [2.05, 4.69) is 78.9 Å². The molecule has 0 radical (unpaired) electrons. The maximum Gasteiger partial charge on any atom is 0.143 e. The maximum absolute atomic E-state index is 6.18. The third-order valence-corrected chi connectivity index (χ3v) is 4.68.